The molecule has 6 heteroatoms. The summed E-state index contributed by atoms with van der Waals surface area (Å²) in [5.41, 5.74) is 1.07. The Morgan fingerprint density at radius 3 is 2.65 bits per heavy atom. The standard InChI is InChI=1S/C20H33NO5/c1-21(14-17(23)15-26-18-6-4-3-5-7-18)13-16-8-9-19(25-11-10-22)20(12-16)24-2/h8-9,12,17-18,22-23H,3-7,10-11,13-15H2,1-2H3/t17-/m0/s1. The van der Waals surface area contributed by atoms with Crippen LogP contribution in [0.3, 0.4) is 0 Å². The highest BCUT2D eigenvalue weighted by molar-refractivity contribution is 5.42. The van der Waals surface area contributed by atoms with Crippen LogP contribution in [-0.4, -0.2) is 67.8 Å². The van der Waals surface area contributed by atoms with E-state index in [1.807, 2.05) is 25.2 Å². The zero-order valence-electron chi connectivity index (χ0n) is 16.0. The van der Waals surface area contributed by atoms with Crippen molar-refractivity contribution in [2.45, 2.75) is 50.9 Å². The number of aliphatic hydroxyl groups excluding tert-OH is 2. The van der Waals surface area contributed by atoms with Crippen LogP contribution in [0.25, 0.3) is 0 Å². The van der Waals surface area contributed by atoms with Crippen molar-refractivity contribution in [3.63, 3.8) is 0 Å². The van der Waals surface area contributed by atoms with Crippen molar-refractivity contribution in [2.75, 3.05) is 40.5 Å². The van der Waals surface area contributed by atoms with Crippen LogP contribution in [0.5, 0.6) is 11.5 Å². The Kier molecular flexibility index (Phi) is 9.18. The lowest BCUT2D eigenvalue weighted by Gasteiger charge is -2.25. The Morgan fingerprint density at radius 2 is 1.96 bits per heavy atom. The van der Waals surface area contributed by atoms with Crippen LogP contribution in [0.15, 0.2) is 18.2 Å². The third kappa shape index (κ3) is 7.11. The van der Waals surface area contributed by atoms with Gasteiger partial charge >= 0.3 is 0 Å². The van der Waals surface area contributed by atoms with Gasteiger partial charge in [0.15, 0.2) is 11.5 Å². The predicted molar refractivity (Wildman–Crippen MR) is 101 cm³/mol. The number of benzene rings is 1. The fourth-order valence-corrected chi connectivity index (χ4v) is 3.35. The van der Waals surface area contributed by atoms with Gasteiger partial charge in [-0.1, -0.05) is 25.3 Å². The van der Waals surface area contributed by atoms with E-state index in [-0.39, 0.29) is 13.2 Å². The number of nitrogens with zero attached hydrogens (tertiary/aromatic N) is 1. The van der Waals surface area contributed by atoms with E-state index in [1.165, 1.54) is 19.3 Å². The van der Waals surface area contributed by atoms with Crippen LogP contribution in [-0.2, 0) is 11.3 Å². The summed E-state index contributed by atoms with van der Waals surface area (Å²) >= 11 is 0. The van der Waals surface area contributed by atoms with Crippen molar-refractivity contribution in [3.8, 4) is 11.5 Å². The predicted octanol–water partition coefficient (Wildman–Crippen LogP) is 2.21. The van der Waals surface area contributed by atoms with Crippen LogP contribution in [0.4, 0.5) is 0 Å². The third-order valence-corrected chi connectivity index (χ3v) is 4.63. The van der Waals surface area contributed by atoms with Gasteiger partial charge in [-0.15, -0.1) is 0 Å². The minimum Gasteiger partial charge on any atom is -0.493 e. The largest absolute Gasteiger partial charge is 0.493 e. The molecule has 0 spiro atoms. The average molecular weight is 367 g/mol. The number of hydrogen-bond donors (Lipinski definition) is 2. The Bertz CT molecular complexity index is 519. The molecule has 1 atom stereocenters. The minimum absolute atomic E-state index is 0.0333. The molecule has 1 fully saturated rings. The number of rotatable bonds is 11. The molecule has 0 bridgehead atoms. The van der Waals surface area contributed by atoms with Crippen molar-refractivity contribution in [3.05, 3.63) is 23.8 Å². The molecule has 0 unspecified atom stereocenters. The molecule has 0 radical (unpaired) electrons. The van der Waals surface area contributed by atoms with E-state index in [4.69, 9.17) is 19.3 Å². The number of likely N-dealkylation sites (N-methyl/N-ethyl adjacent to an activating group) is 1. The first-order chi connectivity index (χ1) is 12.6. The molecular weight excluding hydrogens is 334 g/mol. The second-order valence-electron chi connectivity index (χ2n) is 7.00. The quantitative estimate of drug-likeness (QED) is 0.625. The van der Waals surface area contributed by atoms with Crippen LogP contribution < -0.4 is 9.47 Å². The highest BCUT2D eigenvalue weighted by atomic mass is 16.5. The highest BCUT2D eigenvalue weighted by Crippen LogP contribution is 2.28. The molecule has 148 valence electrons. The van der Waals surface area contributed by atoms with Gasteiger partial charge in [-0.2, -0.15) is 0 Å². The normalized spacial score (nSPS) is 16.7. The van der Waals surface area contributed by atoms with E-state index < -0.39 is 6.10 Å². The van der Waals surface area contributed by atoms with E-state index in [0.29, 0.717) is 37.3 Å². The maximum atomic E-state index is 10.2. The van der Waals surface area contributed by atoms with E-state index in [2.05, 4.69) is 4.90 Å². The highest BCUT2D eigenvalue weighted by Gasteiger charge is 2.16. The molecule has 6 nitrogen and oxygen atoms in total. The Morgan fingerprint density at radius 1 is 1.19 bits per heavy atom. The van der Waals surface area contributed by atoms with Crippen LogP contribution in [0.1, 0.15) is 37.7 Å². The summed E-state index contributed by atoms with van der Waals surface area (Å²) in [6.45, 7) is 1.85. The number of hydrogen-bond acceptors (Lipinski definition) is 6. The molecule has 1 aliphatic carbocycles. The van der Waals surface area contributed by atoms with Crippen LogP contribution >= 0.6 is 0 Å². The van der Waals surface area contributed by atoms with Gasteiger partial charge in [0.25, 0.3) is 0 Å². The van der Waals surface area contributed by atoms with Gasteiger partial charge < -0.3 is 24.4 Å². The van der Waals surface area contributed by atoms with E-state index in [1.54, 1.807) is 7.11 Å². The van der Waals surface area contributed by atoms with Crippen molar-refractivity contribution < 1.29 is 24.4 Å². The topological polar surface area (TPSA) is 71.4 Å². The number of ether oxygens (including phenoxy) is 3. The SMILES string of the molecule is COc1cc(CN(C)C[C@H](O)COC2CCCCC2)ccc1OCCO. The summed E-state index contributed by atoms with van der Waals surface area (Å²) in [6, 6.07) is 5.74. The van der Waals surface area contributed by atoms with Crippen molar-refractivity contribution in [2.24, 2.45) is 0 Å². The molecule has 0 amide bonds. The molecule has 0 saturated heterocycles. The first-order valence-corrected chi connectivity index (χ1v) is 9.51. The summed E-state index contributed by atoms with van der Waals surface area (Å²) in [4.78, 5) is 2.07. The maximum absolute atomic E-state index is 10.2. The molecule has 0 aromatic heterocycles. The molecule has 1 aromatic rings. The van der Waals surface area contributed by atoms with E-state index in [9.17, 15) is 5.11 Å². The van der Waals surface area contributed by atoms with Gasteiger partial charge in [-0.05, 0) is 37.6 Å². The van der Waals surface area contributed by atoms with Gasteiger partial charge in [-0.25, -0.2) is 0 Å². The molecule has 2 rings (SSSR count). The zero-order valence-corrected chi connectivity index (χ0v) is 16.0. The third-order valence-electron chi connectivity index (χ3n) is 4.63. The summed E-state index contributed by atoms with van der Waals surface area (Å²) in [5.74, 6) is 1.26. The fraction of sp³-hybridized carbons (Fsp3) is 0.700. The Labute approximate surface area is 156 Å². The minimum atomic E-state index is -0.490. The second kappa shape index (κ2) is 11.4. The number of aliphatic hydroxyl groups is 2. The van der Waals surface area contributed by atoms with E-state index >= 15 is 0 Å². The van der Waals surface area contributed by atoms with Crippen molar-refractivity contribution >= 4 is 0 Å². The number of methoxy groups -OCH3 is 1. The molecule has 2 N–H and O–H groups in total. The first-order valence-electron chi connectivity index (χ1n) is 9.51. The second-order valence-corrected chi connectivity index (χ2v) is 7.00. The van der Waals surface area contributed by atoms with E-state index in [0.717, 1.165) is 18.4 Å². The molecule has 1 aliphatic rings. The fourth-order valence-electron chi connectivity index (χ4n) is 3.35. The molecular formula is C20H33NO5. The summed E-state index contributed by atoms with van der Waals surface area (Å²) in [7, 11) is 3.58. The molecule has 1 aromatic carbocycles. The van der Waals surface area contributed by atoms with Gasteiger partial charge in [0.05, 0.1) is 32.5 Å². The Hall–Kier alpha value is -1.34. The maximum Gasteiger partial charge on any atom is 0.161 e. The van der Waals surface area contributed by atoms with Gasteiger partial charge in [0.2, 0.25) is 0 Å². The molecule has 26 heavy (non-hydrogen) atoms. The Balaban J connectivity index is 1.77. The van der Waals surface area contributed by atoms with Crippen molar-refractivity contribution in [1.82, 2.24) is 4.90 Å². The average Bonchev–Trinajstić information content (AvgIpc) is 2.66. The molecule has 0 aliphatic heterocycles. The smallest absolute Gasteiger partial charge is 0.161 e. The van der Waals surface area contributed by atoms with Crippen LogP contribution in [0.2, 0.25) is 0 Å². The lowest BCUT2D eigenvalue weighted by molar-refractivity contribution is -0.0319. The first kappa shape index (κ1) is 21.0. The molecule has 1 saturated carbocycles. The lowest BCUT2D eigenvalue weighted by atomic mass is 9.98. The van der Waals surface area contributed by atoms with Gasteiger partial charge in [0.1, 0.15) is 6.61 Å². The van der Waals surface area contributed by atoms with Crippen LogP contribution in [0, 0.1) is 0 Å². The van der Waals surface area contributed by atoms with Crippen molar-refractivity contribution in [1.29, 1.82) is 0 Å². The zero-order chi connectivity index (χ0) is 18.8. The summed E-state index contributed by atoms with van der Waals surface area (Å²) in [5, 5.41) is 19.1. The van der Waals surface area contributed by atoms with Gasteiger partial charge in [-0.3, -0.25) is 4.90 Å². The summed E-state index contributed by atoms with van der Waals surface area (Å²) in [6.07, 6.45) is 5.84. The molecule has 0 heterocycles. The monoisotopic (exact) mass is 367 g/mol. The lowest BCUT2D eigenvalue weighted by Crippen LogP contribution is -2.33. The summed E-state index contributed by atoms with van der Waals surface area (Å²) < 4.78 is 16.7. The van der Waals surface area contributed by atoms with Gasteiger partial charge in [0, 0.05) is 13.1 Å².